The second-order valence-corrected chi connectivity index (χ2v) is 6.87. The van der Waals surface area contributed by atoms with Gasteiger partial charge in [-0.25, -0.2) is 4.79 Å². The number of aromatic nitrogens is 2. The minimum absolute atomic E-state index is 0.277. The van der Waals surface area contributed by atoms with Gasteiger partial charge >= 0.3 is 6.09 Å². The van der Waals surface area contributed by atoms with Crippen LogP contribution in [-0.4, -0.2) is 40.0 Å². The molecule has 6 nitrogen and oxygen atoms in total. The van der Waals surface area contributed by atoms with Crippen LogP contribution in [0.15, 0.2) is 30.3 Å². The Bertz CT molecular complexity index is 729. The maximum atomic E-state index is 12.2. The largest absolute Gasteiger partial charge is 0.497 e. The van der Waals surface area contributed by atoms with Crippen molar-refractivity contribution < 1.29 is 14.3 Å². The number of benzene rings is 1. The van der Waals surface area contributed by atoms with Crippen LogP contribution in [0.2, 0.25) is 0 Å². The fourth-order valence-corrected chi connectivity index (χ4v) is 2.65. The first-order chi connectivity index (χ1) is 11.4. The maximum absolute atomic E-state index is 12.2. The SMILES string of the molecule is COc1ccc(-c2cc3n(n2)CCN(C(=O)OC(C)(C)C)C3)cc1. The van der Waals surface area contributed by atoms with Crippen LogP contribution in [0, 0.1) is 0 Å². The highest BCUT2D eigenvalue weighted by Crippen LogP contribution is 2.24. The molecular weight excluding hydrogens is 306 g/mol. The Hall–Kier alpha value is -2.50. The van der Waals surface area contributed by atoms with E-state index in [1.165, 1.54) is 0 Å². The van der Waals surface area contributed by atoms with E-state index in [2.05, 4.69) is 5.10 Å². The molecule has 1 amide bonds. The third-order valence-corrected chi connectivity index (χ3v) is 3.84. The van der Waals surface area contributed by atoms with Crippen LogP contribution in [0.3, 0.4) is 0 Å². The number of fused-ring (bicyclic) bond motifs is 1. The Morgan fingerprint density at radius 3 is 2.50 bits per heavy atom. The van der Waals surface area contributed by atoms with Gasteiger partial charge in [-0.2, -0.15) is 5.10 Å². The second kappa shape index (κ2) is 6.19. The van der Waals surface area contributed by atoms with Crippen molar-refractivity contribution in [3.05, 3.63) is 36.0 Å². The van der Waals surface area contributed by atoms with Crippen molar-refractivity contribution in [1.29, 1.82) is 0 Å². The predicted octanol–water partition coefficient (Wildman–Crippen LogP) is 3.31. The number of methoxy groups -OCH3 is 1. The summed E-state index contributed by atoms with van der Waals surface area (Å²) in [7, 11) is 1.65. The first kappa shape index (κ1) is 16.4. The summed E-state index contributed by atoms with van der Waals surface area (Å²) in [5.74, 6) is 0.818. The third kappa shape index (κ3) is 3.53. The Morgan fingerprint density at radius 1 is 1.17 bits per heavy atom. The van der Waals surface area contributed by atoms with Crippen molar-refractivity contribution in [2.75, 3.05) is 13.7 Å². The van der Waals surface area contributed by atoms with Gasteiger partial charge in [-0.1, -0.05) is 0 Å². The highest BCUT2D eigenvalue weighted by atomic mass is 16.6. The van der Waals surface area contributed by atoms with E-state index in [4.69, 9.17) is 9.47 Å². The molecule has 0 aliphatic carbocycles. The summed E-state index contributed by atoms with van der Waals surface area (Å²) in [5.41, 5.74) is 2.46. The first-order valence-corrected chi connectivity index (χ1v) is 8.05. The summed E-state index contributed by atoms with van der Waals surface area (Å²) < 4.78 is 12.6. The standard InChI is InChI=1S/C18H23N3O3/c1-18(2,3)24-17(22)20-9-10-21-14(12-20)11-16(19-21)13-5-7-15(23-4)8-6-13/h5-8,11H,9-10,12H2,1-4H3. The van der Waals surface area contributed by atoms with Crippen LogP contribution in [0.25, 0.3) is 11.3 Å². The zero-order valence-electron chi connectivity index (χ0n) is 14.6. The minimum atomic E-state index is -0.483. The number of hydrogen-bond acceptors (Lipinski definition) is 4. The molecule has 6 heteroatoms. The monoisotopic (exact) mass is 329 g/mol. The van der Waals surface area contributed by atoms with Crippen molar-refractivity contribution in [2.45, 2.75) is 39.5 Å². The van der Waals surface area contributed by atoms with Gasteiger partial charge in [0.2, 0.25) is 0 Å². The molecule has 0 atom stereocenters. The minimum Gasteiger partial charge on any atom is -0.497 e. The molecule has 1 aliphatic rings. The lowest BCUT2D eigenvalue weighted by Crippen LogP contribution is -2.41. The van der Waals surface area contributed by atoms with Crippen molar-refractivity contribution in [1.82, 2.24) is 14.7 Å². The molecule has 128 valence electrons. The van der Waals surface area contributed by atoms with Crippen molar-refractivity contribution in [3.8, 4) is 17.0 Å². The Morgan fingerprint density at radius 2 is 1.88 bits per heavy atom. The lowest BCUT2D eigenvalue weighted by Gasteiger charge is -2.30. The van der Waals surface area contributed by atoms with Gasteiger partial charge in [0.1, 0.15) is 11.4 Å². The van der Waals surface area contributed by atoms with Gasteiger partial charge in [-0.3, -0.25) is 4.68 Å². The summed E-state index contributed by atoms with van der Waals surface area (Å²) in [6.45, 7) is 7.41. The molecule has 3 rings (SSSR count). The van der Waals surface area contributed by atoms with Crippen molar-refractivity contribution in [3.63, 3.8) is 0 Å². The average Bonchev–Trinajstić information content (AvgIpc) is 2.96. The normalized spacial score (nSPS) is 14.2. The van der Waals surface area contributed by atoms with E-state index in [0.29, 0.717) is 19.6 Å². The van der Waals surface area contributed by atoms with Crippen molar-refractivity contribution in [2.24, 2.45) is 0 Å². The fraction of sp³-hybridized carbons (Fsp3) is 0.444. The van der Waals surface area contributed by atoms with Crippen LogP contribution < -0.4 is 4.74 Å². The summed E-state index contributed by atoms with van der Waals surface area (Å²) in [5, 5.41) is 4.64. The van der Waals surface area contributed by atoms with Gasteiger partial charge in [-0.15, -0.1) is 0 Å². The molecule has 2 heterocycles. The number of carbonyl (C=O) groups is 1. The number of carbonyl (C=O) groups excluding carboxylic acids is 1. The van der Waals surface area contributed by atoms with E-state index in [-0.39, 0.29) is 6.09 Å². The predicted molar refractivity (Wildman–Crippen MR) is 90.9 cm³/mol. The zero-order valence-corrected chi connectivity index (χ0v) is 14.6. The van der Waals surface area contributed by atoms with Gasteiger partial charge < -0.3 is 14.4 Å². The van der Waals surface area contributed by atoms with Gasteiger partial charge in [0.15, 0.2) is 0 Å². The highest BCUT2D eigenvalue weighted by molar-refractivity contribution is 5.68. The van der Waals surface area contributed by atoms with E-state index in [9.17, 15) is 4.79 Å². The number of hydrogen-bond donors (Lipinski definition) is 0. The van der Waals surface area contributed by atoms with Crippen molar-refractivity contribution >= 4 is 6.09 Å². The summed E-state index contributed by atoms with van der Waals surface area (Å²) in [6, 6.07) is 9.83. The smallest absolute Gasteiger partial charge is 0.410 e. The van der Waals surface area contributed by atoms with Crippen LogP contribution in [-0.2, 0) is 17.8 Å². The number of ether oxygens (including phenoxy) is 2. The molecule has 0 unspecified atom stereocenters. The van der Waals surface area contributed by atoms with Crippen LogP contribution in [0.1, 0.15) is 26.5 Å². The molecule has 0 radical (unpaired) electrons. The van der Waals surface area contributed by atoms with Crippen LogP contribution >= 0.6 is 0 Å². The number of nitrogens with zero attached hydrogens (tertiary/aromatic N) is 3. The maximum Gasteiger partial charge on any atom is 0.410 e. The quantitative estimate of drug-likeness (QED) is 0.848. The van der Waals surface area contributed by atoms with E-state index in [0.717, 1.165) is 22.7 Å². The molecule has 0 saturated carbocycles. The number of amides is 1. The van der Waals surface area contributed by atoms with E-state index < -0.39 is 5.60 Å². The molecule has 0 fully saturated rings. The summed E-state index contributed by atoms with van der Waals surface area (Å²) in [6.07, 6.45) is -0.277. The second-order valence-electron chi connectivity index (χ2n) is 6.87. The molecule has 0 saturated heterocycles. The van der Waals surface area contributed by atoms with Gasteiger partial charge in [0.05, 0.1) is 31.6 Å². The Balaban J connectivity index is 1.75. The Kier molecular flexibility index (Phi) is 4.22. The first-order valence-electron chi connectivity index (χ1n) is 8.05. The van der Waals surface area contributed by atoms with Crippen LogP contribution in [0.5, 0.6) is 5.75 Å². The zero-order chi connectivity index (χ0) is 17.3. The highest BCUT2D eigenvalue weighted by Gasteiger charge is 2.26. The van der Waals surface area contributed by atoms with Gasteiger partial charge in [0.25, 0.3) is 0 Å². The molecule has 1 aromatic heterocycles. The molecule has 0 spiro atoms. The van der Waals surface area contributed by atoms with Crippen LogP contribution in [0.4, 0.5) is 4.79 Å². The van der Waals surface area contributed by atoms with E-state index >= 15 is 0 Å². The molecule has 2 aromatic rings. The molecule has 0 bridgehead atoms. The lowest BCUT2D eigenvalue weighted by molar-refractivity contribution is 0.0194. The summed E-state index contributed by atoms with van der Waals surface area (Å²) in [4.78, 5) is 14.0. The molecule has 1 aromatic carbocycles. The fourth-order valence-electron chi connectivity index (χ4n) is 2.65. The van der Waals surface area contributed by atoms with E-state index in [1.54, 1.807) is 12.0 Å². The summed E-state index contributed by atoms with van der Waals surface area (Å²) >= 11 is 0. The molecule has 0 N–H and O–H groups in total. The third-order valence-electron chi connectivity index (χ3n) is 3.84. The molecule has 24 heavy (non-hydrogen) atoms. The Labute approximate surface area is 142 Å². The molecular formula is C18H23N3O3. The van der Waals surface area contributed by atoms with E-state index in [1.807, 2.05) is 55.8 Å². The molecule has 1 aliphatic heterocycles. The lowest BCUT2D eigenvalue weighted by atomic mass is 10.1. The van der Waals surface area contributed by atoms with Gasteiger partial charge in [0, 0.05) is 12.1 Å². The van der Waals surface area contributed by atoms with Gasteiger partial charge in [-0.05, 0) is 51.1 Å². The average molecular weight is 329 g/mol. The number of rotatable bonds is 2. The topological polar surface area (TPSA) is 56.6 Å².